The van der Waals surface area contributed by atoms with Crippen LogP contribution in [-0.4, -0.2) is 18.2 Å². The molecule has 1 N–H and O–H groups in total. The fourth-order valence-electron chi connectivity index (χ4n) is 1.40. The maximum absolute atomic E-state index is 12.0. The summed E-state index contributed by atoms with van der Waals surface area (Å²) in [6.07, 6.45) is 1.67. The van der Waals surface area contributed by atoms with E-state index in [0.717, 1.165) is 15.0 Å². The van der Waals surface area contributed by atoms with Crippen LogP contribution in [0.3, 0.4) is 0 Å². The predicted molar refractivity (Wildman–Crippen MR) is 74.0 cm³/mol. The summed E-state index contributed by atoms with van der Waals surface area (Å²) in [6, 6.07) is 3.29. The van der Waals surface area contributed by atoms with Crippen LogP contribution in [0.1, 0.15) is 11.3 Å². The van der Waals surface area contributed by atoms with Crippen molar-refractivity contribution in [2.24, 2.45) is 7.05 Å². The van der Waals surface area contributed by atoms with Crippen molar-refractivity contribution in [3.8, 4) is 0 Å². The summed E-state index contributed by atoms with van der Waals surface area (Å²) in [5.74, 6) is 0. The van der Waals surface area contributed by atoms with Gasteiger partial charge in [0.05, 0.1) is 9.98 Å². The van der Waals surface area contributed by atoms with Gasteiger partial charge in [0.25, 0.3) is 0 Å². The third kappa shape index (κ3) is 2.82. The molecule has 18 heavy (non-hydrogen) atoms. The highest BCUT2D eigenvalue weighted by Crippen LogP contribution is 2.25. The number of halogens is 1. The van der Waals surface area contributed by atoms with E-state index < -0.39 is 10.0 Å². The quantitative estimate of drug-likeness (QED) is 0.918. The molecule has 5 nitrogen and oxygen atoms in total. The monoisotopic (exact) mass is 349 g/mol. The first-order valence-electron chi connectivity index (χ1n) is 5.12. The highest BCUT2D eigenvalue weighted by Gasteiger charge is 2.17. The highest BCUT2D eigenvalue weighted by atomic mass is 79.9. The van der Waals surface area contributed by atoms with Gasteiger partial charge in [-0.2, -0.15) is 5.10 Å². The molecule has 0 aromatic carbocycles. The van der Waals surface area contributed by atoms with Crippen molar-refractivity contribution in [3.63, 3.8) is 0 Å². The van der Waals surface area contributed by atoms with E-state index in [2.05, 4.69) is 25.8 Å². The van der Waals surface area contributed by atoms with Crippen LogP contribution >= 0.6 is 27.3 Å². The summed E-state index contributed by atoms with van der Waals surface area (Å²) >= 11 is 4.43. The molecular weight excluding hydrogens is 338 g/mol. The number of aryl methyl sites for hydroxylation is 1. The zero-order chi connectivity index (χ0) is 13.3. The van der Waals surface area contributed by atoms with Gasteiger partial charge in [0, 0.05) is 24.8 Å². The highest BCUT2D eigenvalue weighted by molar-refractivity contribution is 9.11. The first-order valence-corrected chi connectivity index (χ1v) is 8.22. The number of rotatable bonds is 4. The van der Waals surface area contributed by atoms with Gasteiger partial charge in [-0.3, -0.25) is 4.68 Å². The third-order valence-corrected chi connectivity index (χ3v) is 6.12. The molecule has 0 radical (unpaired) electrons. The molecule has 0 spiro atoms. The van der Waals surface area contributed by atoms with E-state index >= 15 is 0 Å². The van der Waals surface area contributed by atoms with E-state index in [1.165, 1.54) is 11.3 Å². The lowest BCUT2D eigenvalue weighted by Gasteiger charge is -2.04. The lowest BCUT2D eigenvalue weighted by molar-refractivity contribution is 0.583. The summed E-state index contributed by atoms with van der Waals surface area (Å²) in [7, 11) is -1.62. The lowest BCUT2D eigenvalue weighted by atomic mass is 10.3. The number of nitrogens with zero attached hydrogens (tertiary/aromatic N) is 2. The Balaban J connectivity index is 2.13. The molecule has 98 valence electrons. The first-order chi connectivity index (χ1) is 8.40. The summed E-state index contributed by atoms with van der Waals surface area (Å²) in [6.45, 7) is 2.15. The lowest BCUT2D eigenvalue weighted by Crippen LogP contribution is -2.22. The summed E-state index contributed by atoms with van der Waals surface area (Å²) in [4.78, 5) is 0. The second kappa shape index (κ2) is 5.12. The Morgan fingerprint density at radius 1 is 1.50 bits per heavy atom. The van der Waals surface area contributed by atoms with Crippen LogP contribution in [0.15, 0.2) is 26.3 Å². The van der Waals surface area contributed by atoms with Gasteiger partial charge in [0.1, 0.15) is 4.21 Å². The third-order valence-electron chi connectivity index (χ3n) is 2.60. The van der Waals surface area contributed by atoms with Crippen LogP contribution in [-0.2, 0) is 23.6 Å². The minimum Gasteiger partial charge on any atom is -0.273 e. The normalized spacial score (nSPS) is 11.9. The standard InChI is InChI=1S/C10H12BrN3O2S2/c1-7-8(5-12-14(7)2)6-13-18(15,16)10-4-3-9(11)17-10/h3-5,13H,6H2,1-2H3. The number of aromatic nitrogens is 2. The van der Waals surface area contributed by atoms with Crippen molar-refractivity contribution in [1.29, 1.82) is 0 Å². The molecule has 0 aliphatic carbocycles. The summed E-state index contributed by atoms with van der Waals surface area (Å²) < 4.78 is 29.4. The Bertz CT molecular complexity index is 660. The van der Waals surface area contributed by atoms with E-state index in [0.29, 0.717) is 4.21 Å². The van der Waals surface area contributed by atoms with Crippen molar-refractivity contribution in [1.82, 2.24) is 14.5 Å². The molecule has 2 rings (SSSR count). The number of thiophene rings is 1. The first kappa shape index (κ1) is 13.7. The molecule has 2 aromatic heterocycles. The zero-order valence-electron chi connectivity index (χ0n) is 9.84. The molecule has 0 aliphatic rings. The fraction of sp³-hybridized carbons (Fsp3) is 0.300. The Labute approximate surface area is 118 Å². The van der Waals surface area contributed by atoms with E-state index in [1.807, 2.05) is 14.0 Å². The van der Waals surface area contributed by atoms with Gasteiger partial charge in [0.15, 0.2) is 0 Å². The molecule has 0 fully saturated rings. The van der Waals surface area contributed by atoms with Crippen LogP contribution in [0.5, 0.6) is 0 Å². The van der Waals surface area contributed by atoms with Crippen molar-refractivity contribution >= 4 is 37.3 Å². The van der Waals surface area contributed by atoms with Crippen molar-refractivity contribution in [3.05, 3.63) is 33.4 Å². The smallest absolute Gasteiger partial charge is 0.250 e. The number of sulfonamides is 1. The largest absolute Gasteiger partial charge is 0.273 e. The van der Waals surface area contributed by atoms with E-state index in [9.17, 15) is 8.42 Å². The Hall–Kier alpha value is -0.700. The van der Waals surface area contributed by atoms with Crippen LogP contribution in [0, 0.1) is 6.92 Å². The van der Waals surface area contributed by atoms with Gasteiger partial charge in [-0.15, -0.1) is 11.3 Å². The fourth-order valence-corrected chi connectivity index (χ4v) is 4.46. The second-order valence-corrected chi connectivity index (χ2v) is 8.22. The zero-order valence-corrected chi connectivity index (χ0v) is 13.1. The molecule has 8 heteroatoms. The van der Waals surface area contributed by atoms with Gasteiger partial charge in [-0.25, -0.2) is 13.1 Å². The minimum absolute atomic E-state index is 0.248. The molecule has 0 saturated heterocycles. The van der Waals surface area contributed by atoms with Crippen LogP contribution in [0.4, 0.5) is 0 Å². The molecule has 2 aromatic rings. The predicted octanol–water partition coefficient (Wildman–Crippen LogP) is 2.03. The van der Waals surface area contributed by atoms with E-state index in [4.69, 9.17) is 0 Å². The van der Waals surface area contributed by atoms with Gasteiger partial charge in [-0.05, 0) is 35.0 Å². The molecule has 0 saturated carbocycles. The van der Waals surface area contributed by atoms with Gasteiger partial charge in [0.2, 0.25) is 10.0 Å². The maximum atomic E-state index is 12.0. The van der Waals surface area contributed by atoms with Crippen molar-refractivity contribution < 1.29 is 8.42 Å². The topological polar surface area (TPSA) is 64.0 Å². The molecule has 0 unspecified atom stereocenters. The molecule has 0 atom stereocenters. The average Bonchev–Trinajstić information content (AvgIpc) is 2.86. The van der Waals surface area contributed by atoms with Gasteiger partial charge >= 0.3 is 0 Å². The minimum atomic E-state index is -3.44. The van der Waals surface area contributed by atoms with Gasteiger partial charge < -0.3 is 0 Å². The molecule has 0 bridgehead atoms. The Kier molecular flexibility index (Phi) is 3.90. The second-order valence-electron chi connectivity index (χ2n) is 3.76. The Morgan fingerprint density at radius 2 is 2.22 bits per heavy atom. The average molecular weight is 350 g/mol. The number of hydrogen-bond acceptors (Lipinski definition) is 4. The SMILES string of the molecule is Cc1c(CNS(=O)(=O)c2ccc(Br)s2)cnn1C. The van der Waals surface area contributed by atoms with Crippen molar-refractivity contribution in [2.75, 3.05) is 0 Å². The van der Waals surface area contributed by atoms with E-state index in [-0.39, 0.29) is 6.54 Å². The van der Waals surface area contributed by atoms with Crippen LogP contribution in [0.2, 0.25) is 0 Å². The molecule has 0 aliphatic heterocycles. The number of hydrogen-bond donors (Lipinski definition) is 1. The van der Waals surface area contributed by atoms with Gasteiger partial charge in [-0.1, -0.05) is 0 Å². The number of nitrogens with one attached hydrogen (secondary N) is 1. The van der Waals surface area contributed by atoms with Crippen LogP contribution in [0.25, 0.3) is 0 Å². The molecular formula is C10H12BrN3O2S2. The van der Waals surface area contributed by atoms with Crippen molar-refractivity contribution in [2.45, 2.75) is 17.7 Å². The van der Waals surface area contributed by atoms with E-state index in [1.54, 1.807) is 23.0 Å². The Morgan fingerprint density at radius 3 is 2.72 bits per heavy atom. The molecule has 0 amide bonds. The molecule has 2 heterocycles. The van der Waals surface area contributed by atoms with Crippen LogP contribution < -0.4 is 4.72 Å². The maximum Gasteiger partial charge on any atom is 0.250 e. The summed E-state index contributed by atoms with van der Waals surface area (Å²) in [5, 5.41) is 4.07. The summed E-state index contributed by atoms with van der Waals surface area (Å²) in [5.41, 5.74) is 1.82.